The number of rotatable bonds is 5. The van der Waals surface area contributed by atoms with Gasteiger partial charge in [0.05, 0.1) is 11.4 Å². The van der Waals surface area contributed by atoms with Crippen molar-refractivity contribution in [3.8, 4) is 17.1 Å². The van der Waals surface area contributed by atoms with E-state index < -0.39 is 0 Å². The third-order valence-electron chi connectivity index (χ3n) is 5.09. The number of carbonyl (C=O) groups excluding carboxylic acids is 1. The molecule has 1 aromatic carbocycles. The number of carbonyl (C=O) groups is 1. The minimum atomic E-state index is 0.144. The van der Waals surface area contributed by atoms with Crippen LogP contribution in [0.25, 0.3) is 17.1 Å². The Labute approximate surface area is 174 Å². The fourth-order valence-corrected chi connectivity index (χ4v) is 4.20. The Hall–Kier alpha value is -2.71. The quantitative estimate of drug-likeness (QED) is 0.605. The van der Waals surface area contributed by atoms with Crippen molar-refractivity contribution in [2.24, 2.45) is 0 Å². The van der Waals surface area contributed by atoms with Gasteiger partial charge in [0.15, 0.2) is 11.0 Å². The normalized spacial score (nSPS) is 14.9. The maximum Gasteiger partial charge on any atom is 0.233 e. The zero-order chi connectivity index (χ0) is 20.2. The molecule has 0 saturated carbocycles. The zero-order valence-corrected chi connectivity index (χ0v) is 17.5. The topological polar surface area (TPSA) is 67.2 Å². The van der Waals surface area contributed by atoms with Crippen molar-refractivity contribution >= 4 is 17.7 Å². The van der Waals surface area contributed by atoms with Crippen LogP contribution in [0.3, 0.4) is 0 Å². The molecular weight excluding hydrogens is 384 g/mol. The van der Waals surface area contributed by atoms with E-state index in [1.165, 1.54) is 11.8 Å². The number of para-hydroxylation sites is 1. The number of likely N-dealkylation sites (N-methyl/N-ethyl adjacent to an activating group) is 1. The molecule has 0 radical (unpaired) electrons. The van der Waals surface area contributed by atoms with Crippen LogP contribution in [0.1, 0.15) is 5.56 Å². The summed E-state index contributed by atoms with van der Waals surface area (Å²) in [5.74, 6) is 1.22. The lowest BCUT2D eigenvalue weighted by atomic mass is 10.2. The molecule has 2 aromatic heterocycles. The molecule has 0 N–H and O–H groups in total. The molecule has 7 nitrogen and oxygen atoms in total. The lowest BCUT2D eigenvalue weighted by Gasteiger charge is -2.32. The van der Waals surface area contributed by atoms with E-state index in [9.17, 15) is 4.79 Å². The number of aromatic nitrogens is 4. The van der Waals surface area contributed by atoms with Crippen LogP contribution in [-0.4, -0.2) is 74.4 Å². The number of hydrogen-bond donors (Lipinski definition) is 0. The Balaban J connectivity index is 1.61. The maximum atomic E-state index is 12.7. The van der Waals surface area contributed by atoms with Crippen LogP contribution >= 0.6 is 11.8 Å². The van der Waals surface area contributed by atoms with Crippen molar-refractivity contribution in [2.75, 3.05) is 39.0 Å². The predicted octanol–water partition coefficient (Wildman–Crippen LogP) is 2.50. The Morgan fingerprint density at radius 1 is 1.07 bits per heavy atom. The summed E-state index contributed by atoms with van der Waals surface area (Å²) < 4.78 is 2.02. The molecule has 1 amide bonds. The molecular formula is C21H24N6OS. The van der Waals surface area contributed by atoms with Gasteiger partial charge in [0, 0.05) is 44.1 Å². The van der Waals surface area contributed by atoms with E-state index in [-0.39, 0.29) is 5.91 Å². The van der Waals surface area contributed by atoms with Gasteiger partial charge < -0.3 is 9.80 Å². The van der Waals surface area contributed by atoms with E-state index in [2.05, 4.69) is 40.1 Å². The summed E-state index contributed by atoms with van der Waals surface area (Å²) in [7, 11) is 2.08. The van der Waals surface area contributed by atoms with Gasteiger partial charge in [-0.2, -0.15) is 0 Å². The smallest absolute Gasteiger partial charge is 0.233 e. The number of piperazine rings is 1. The Morgan fingerprint density at radius 2 is 1.86 bits per heavy atom. The van der Waals surface area contributed by atoms with Gasteiger partial charge in [-0.1, -0.05) is 30.0 Å². The van der Waals surface area contributed by atoms with Crippen LogP contribution in [0.4, 0.5) is 0 Å². The number of benzene rings is 1. The summed E-state index contributed by atoms with van der Waals surface area (Å²) in [4.78, 5) is 21.1. The number of aryl methyl sites for hydroxylation is 1. The molecule has 1 aliphatic heterocycles. The zero-order valence-electron chi connectivity index (χ0n) is 16.7. The predicted molar refractivity (Wildman–Crippen MR) is 114 cm³/mol. The van der Waals surface area contributed by atoms with E-state index in [0.29, 0.717) is 10.9 Å². The number of nitrogens with zero attached hydrogens (tertiary/aromatic N) is 6. The Bertz CT molecular complexity index is 982. The highest BCUT2D eigenvalue weighted by Crippen LogP contribution is 2.29. The van der Waals surface area contributed by atoms with Gasteiger partial charge in [0.2, 0.25) is 5.91 Å². The van der Waals surface area contributed by atoms with Crippen molar-refractivity contribution in [3.05, 3.63) is 54.4 Å². The van der Waals surface area contributed by atoms with Gasteiger partial charge in [-0.05, 0) is 37.7 Å². The van der Waals surface area contributed by atoms with Crippen LogP contribution in [0, 0.1) is 6.92 Å². The Morgan fingerprint density at radius 3 is 2.59 bits per heavy atom. The molecule has 0 atom stereocenters. The number of amides is 1. The first-order valence-corrected chi connectivity index (χ1v) is 10.6. The molecule has 150 valence electrons. The van der Waals surface area contributed by atoms with Crippen molar-refractivity contribution in [1.29, 1.82) is 0 Å². The molecule has 3 heterocycles. The van der Waals surface area contributed by atoms with Gasteiger partial charge >= 0.3 is 0 Å². The molecule has 1 saturated heterocycles. The van der Waals surface area contributed by atoms with E-state index in [0.717, 1.165) is 48.8 Å². The summed E-state index contributed by atoms with van der Waals surface area (Å²) in [6, 6.07) is 12.0. The number of hydrogen-bond acceptors (Lipinski definition) is 6. The minimum absolute atomic E-state index is 0.144. The fraction of sp³-hybridized carbons (Fsp3) is 0.333. The molecule has 0 spiro atoms. The van der Waals surface area contributed by atoms with Gasteiger partial charge in [-0.15, -0.1) is 10.2 Å². The van der Waals surface area contributed by atoms with Gasteiger partial charge in [-0.25, -0.2) is 0 Å². The first-order valence-electron chi connectivity index (χ1n) is 9.64. The molecule has 4 rings (SSSR count). The second kappa shape index (κ2) is 8.75. The van der Waals surface area contributed by atoms with Crippen LogP contribution in [0.15, 0.2) is 53.9 Å². The molecule has 1 fully saturated rings. The summed E-state index contributed by atoms with van der Waals surface area (Å²) in [5, 5.41) is 9.54. The van der Waals surface area contributed by atoms with E-state index in [1.54, 1.807) is 12.4 Å². The molecule has 0 aliphatic carbocycles. The molecule has 0 bridgehead atoms. The van der Waals surface area contributed by atoms with Crippen molar-refractivity contribution < 1.29 is 4.79 Å². The summed E-state index contributed by atoms with van der Waals surface area (Å²) in [6.45, 7) is 5.46. The molecule has 0 unspecified atom stereocenters. The molecule has 1 aliphatic rings. The van der Waals surface area contributed by atoms with E-state index in [1.807, 2.05) is 39.8 Å². The second-order valence-corrected chi connectivity index (χ2v) is 8.09. The summed E-state index contributed by atoms with van der Waals surface area (Å²) >= 11 is 1.43. The first kappa shape index (κ1) is 19.6. The lowest BCUT2D eigenvalue weighted by molar-refractivity contribution is -0.129. The van der Waals surface area contributed by atoms with Crippen LogP contribution < -0.4 is 0 Å². The van der Waals surface area contributed by atoms with Gasteiger partial charge in [0.1, 0.15) is 0 Å². The minimum Gasteiger partial charge on any atom is -0.339 e. The van der Waals surface area contributed by atoms with Crippen LogP contribution in [0.2, 0.25) is 0 Å². The highest BCUT2D eigenvalue weighted by Gasteiger charge is 2.22. The van der Waals surface area contributed by atoms with Crippen molar-refractivity contribution in [1.82, 2.24) is 29.5 Å². The molecule has 3 aromatic rings. The number of thioether (sulfide) groups is 1. The third-order valence-corrected chi connectivity index (χ3v) is 6.00. The van der Waals surface area contributed by atoms with Crippen molar-refractivity contribution in [2.45, 2.75) is 12.1 Å². The van der Waals surface area contributed by atoms with E-state index in [4.69, 9.17) is 0 Å². The fourth-order valence-electron chi connectivity index (χ4n) is 3.35. The van der Waals surface area contributed by atoms with E-state index >= 15 is 0 Å². The first-order chi connectivity index (χ1) is 14.1. The van der Waals surface area contributed by atoms with Crippen LogP contribution in [0.5, 0.6) is 0 Å². The summed E-state index contributed by atoms with van der Waals surface area (Å²) in [6.07, 6.45) is 3.52. The molecule has 8 heteroatoms. The highest BCUT2D eigenvalue weighted by atomic mass is 32.2. The number of pyridine rings is 1. The SMILES string of the molecule is Cc1ccccc1-n1c(SCC(=O)N2CCN(C)CC2)nnc1-c1cccnc1. The monoisotopic (exact) mass is 408 g/mol. The molecule has 29 heavy (non-hydrogen) atoms. The average Bonchev–Trinajstić information content (AvgIpc) is 3.17. The van der Waals surface area contributed by atoms with Gasteiger partial charge in [0.25, 0.3) is 0 Å². The van der Waals surface area contributed by atoms with Crippen molar-refractivity contribution in [3.63, 3.8) is 0 Å². The second-order valence-electron chi connectivity index (χ2n) is 7.14. The average molecular weight is 409 g/mol. The largest absolute Gasteiger partial charge is 0.339 e. The standard InChI is InChI=1S/C21H24N6OS/c1-16-6-3-4-8-18(16)27-20(17-7-5-9-22-14-17)23-24-21(27)29-15-19(28)26-12-10-25(2)11-13-26/h3-9,14H,10-13,15H2,1-2H3. The maximum absolute atomic E-state index is 12.7. The van der Waals surface area contributed by atoms with Gasteiger partial charge in [-0.3, -0.25) is 14.3 Å². The van der Waals surface area contributed by atoms with Crippen LogP contribution in [-0.2, 0) is 4.79 Å². The summed E-state index contributed by atoms with van der Waals surface area (Å²) in [5.41, 5.74) is 3.01. The Kier molecular flexibility index (Phi) is 5.92. The lowest BCUT2D eigenvalue weighted by Crippen LogP contribution is -2.47. The third kappa shape index (κ3) is 4.33. The highest BCUT2D eigenvalue weighted by molar-refractivity contribution is 7.99.